The number of aromatic amines is 1. The molecule has 0 fully saturated rings. The van der Waals surface area contributed by atoms with E-state index in [9.17, 15) is 0 Å². The molecule has 0 radical (unpaired) electrons. The molecular weight excluding hydrogens is 334 g/mol. The summed E-state index contributed by atoms with van der Waals surface area (Å²) in [5, 5.41) is 0. The van der Waals surface area contributed by atoms with Crippen LogP contribution in [0.25, 0.3) is 11.2 Å². The molecule has 3 nitrogen and oxygen atoms in total. The van der Waals surface area contributed by atoms with E-state index in [1.54, 1.807) is 6.20 Å². The first-order valence-corrected chi connectivity index (χ1v) is 7.59. The Morgan fingerprint density at radius 1 is 1.35 bits per heavy atom. The zero-order valence-electron chi connectivity index (χ0n) is 11.2. The van der Waals surface area contributed by atoms with Gasteiger partial charge in [-0.05, 0) is 59.2 Å². The highest BCUT2D eigenvalue weighted by Gasteiger charge is 2.15. The second-order valence-corrected chi connectivity index (χ2v) is 6.16. The smallest absolute Gasteiger partial charge is 0.179 e. The van der Waals surface area contributed by atoms with E-state index in [0.717, 1.165) is 15.6 Å². The Morgan fingerprint density at radius 2 is 2.10 bits per heavy atom. The van der Waals surface area contributed by atoms with E-state index in [1.165, 1.54) is 11.1 Å². The Labute approximate surface area is 130 Å². The summed E-state index contributed by atoms with van der Waals surface area (Å²) >= 11 is 8.90. The van der Waals surface area contributed by atoms with Crippen molar-refractivity contribution in [3.8, 4) is 0 Å². The van der Waals surface area contributed by atoms with Crippen molar-refractivity contribution in [2.24, 2.45) is 0 Å². The summed E-state index contributed by atoms with van der Waals surface area (Å²) in [5.41, 5.74) is 4.35. The van der Waals surface area contributed by atoms with Crippen molar-refractivity contribution in [2.75, 3.05) is 0 Å². The number of nitrogens with one attached hydrogen (secondary N) is 1. The molecule has 0 amide bonds. The lowest BCUT2D eigenvalue weighted by Crippen LogP contribution is -2.09. The number of hydrogen-bond donors (Lipinski definition) is 1. The van der Waals surface area contributed by atoms with Crippen LogP contribution in [0.5, 0.6) is 0 Å². The number of halogens is 1. The number of H-pyrrole nitrogens is 1. The predicted molar refractivity (Wildman–Crippen MR) is 87.6 cm³/mol. The maximum Gasteiger partial charge on any atom is 0.179 e. The fraction of sp³-hybridized carbons (Fsp3) is 0.200. The summed E-state index contributed by atoms with van der Waals surface area (Å²) in [5.74, 6) is 0. The fourth-order valence-corrected chi connectivity index (χ4v) is 3.23. The molecule has 0 aliphatic rings. The second kappa shape index (κ2) is 5.14. The summed E-state index contributed by atoms with van der Waals surface area (Å²) in [6.07, 6.45) is 1.80. The Morgan fingerprint density at radius 3 is 2.85 bits per heavy atom. The van der Waals surface area contributed by atoms with Gasteiger partial charge in [-0.3, -0.25) is 4.57 Å². The first kappa shape index (κ1) is 13.5. The number of nitrogens with zero attached hydrogens (tertiary/aromatic N) is 2. The third kappa shape index (κ3) is 2.21. The minimum Gasteiger partial charge on any atom is -0.329 e. The largest absolute Gasteiger partial charge is 0.329 e. The van der Waals surface area contributed by atoms with Crippen LogP contribution in [0.4, 0.5) is 0 Å². The molecule has 0 aliphatic heterocycles. The number of fused-ring (bicyclic) bond motifs is 1. The van der Waals surface area contributed by atoms with Gasteiger partial charge in [-0.25, -0.2) is 4.98 Å². The van der Waals surface area contributed by atoms with E-state index in [-0.39, 0.29) is 6.04 Å². The van der Waals surface area contributed by atoms with Crippen molar-refractivity contribution < 1.29 is 0 Å². The highest BCUT2D eigenvalue weighted by Crippen LogP contribution is 2.26. The molecule has 20 heavy (non-hydrogen) atoms. The number of pyridine rings is 1. The molecule has 102 valence electrons. The first-order valence-electron chi connectivity index (χ1n) is 6.39. The Kier molecular flexibility index (Phi) is 3.48. The molecule has 3 aromatic rings. The first-order chi connectivity index (χ1) is 9.58. The zero-order chi connectivity index (χ0) is 14.3. The molecule has 0 bridgehead atoms. The summed E-state index contributed by atoms with van der Waals surface area (Å²) in [6, 6.07) is 10.5. The molecule has 0 aliphatic carbocycles. The van der Waals surface area contributed by atoms with Crippen molar-refractivity contribution in [1.29, 1.82) is 0 Å². The number of benzene rings is 1. The number of aromatic nitrogens is 3. The zero-order valence-corrected chi connectivity index (χ0v) is 13.6. The van der Waals surface area contributed by atoms with Gasteiger partial charge in [0.15, 0.2) is 10.4 Å². The summed E-state index contributed by atoms with van der Waals surface area (Å²) in [6.45, 7) is 4.27. The third-order valence-electron chi connectivity index (χ3n) is 3.55. The van der Waals surface area contributed by atoms with E-state index in [4.69, 9.17) is 12.2 Å². The molecule has 2 heterocycles. The summed E-state index contributed by atoms with van der Waals surface area (Å²) < 4.78 is 3.71. The number of aryl methyl sites for hydroxylation is 1. The van der Waals surface area contributed by atoms with Gasteiger partial charge in [0.2, 0.25) is 0 Å². The normalized spacial score (nSPS) is 12.8. The van der Waals surface area contributed by atoms with Gasteiger partial charge >= 0.3 is 0 Å². The Balaban J connectivity index is 2.22. The van der Waals surface area contributed by atoms with Crippen LogP contribution in [0.3, 0.4) is 0 Å². The van der Waals surface area contributed by atoms with Crippen LogP contribution in [-0.2, 0) is 0 Å². The molecule has 1 atom stereocenters. The summed E-state index contributed by atoms with van der Waals surface area (Å²) in [7, 11) is 0. The minimum absolute atomic E-state index is 0.145. The number of imidazole rings is 1. The van der Waals surface area contributed by atoms with E-state index >= 15 is 0 Å². The van der Waals surface area contributed by atoms with Crippen LogP contribution in [0.1, 0.15) is 24.1 Å². The average molecular weight is 348 g/mol. The lowest BCUT2D eigenvalue weighted by atomic mass is 10.0. The highest BCUT2D eigenvalue weighted by molar-refractivity contribution is 9.10. The minimum atomic E-state index is 0.145. The van der Waals surface area contributed by atoms with Gasteiger partial charge in [-0.2, -0.15) is 0 Å². The van der Waals surface area contributed by atoms with E-state index in [0.29, 0.717) is 4.77 Å². The van der Waals surface area contributed by atoms with Crippen molar-refractivity contribution in [1.82, 2.24) is 14.5 Å². The Bertz CT molecular complexity index is 834. The lowest BCUT2D eigenvalue weighted by molar-refractivity contribution is 0.640. The van der Waals surface area contributed by atoms with Gasteiger partial charge in [0.1, 0.15) is 0 Å². The van der Waals surface area contributed by atoms with Crippen LogP contribution in [0, 0.1) is 11.7 Å². The second-order valence-electron chi connectivity index (χ2n) is 4.86. The molecule has 5 heteroatoms. The molecular formula is C15H14BrN3S. The quantitative estimate of drug-likeness (QED) is 0.677. The van der Waals surface area contributed by atoms with E-state index in [1.807, 2.05) is 6.07 Å². The molecule has 1 aromatic carbocycles. The fourth-order valence-electron chi connectivity index (χ4n) is 2.54. The van der Waals surface area contributed by atoms with E-state index in [2.05, 4.69) is 68.6 Å². The lowest BCUT2D eigenvalue weighted by Gasteiger charge is -2.16. The highest BCUT2D eigenvalue weighted by atomic mass is 79.9. The van der Waals surface area contributed by atoms with Gasteiger partial charge in [0.25, 0.3) is 0 Å². The summed E-state index contributed by atoms with van der Waals surface area (Å²) in [4.78, 5) is 7.72. The molecule has 3 rings (SSSR count). The molecule has 0 spiro atoms. The SMILES string of the molecule is Cc1ccccc1C(C)n1c(=S)[nH]c2cc(Br)cnc21. The van der Waals surface area contributed by atoms with Crippen LogP contribution >= 0.6 is 28.1 Å². The molecule has 1 unspecified atom stereocenters. The molecule has 0 saturated carbocycles. The third-order valence-corrected chi connectivity index (χ3v) is 4.28. The van der Waals surface area contributed by atoms with Crippen molar-refractivity contribution >= 4 is 39.3 Å². The monoisotopic (exact) mass is 347 g/mol. The number of rotatable bonds is 2. The van der Waals surface area contributed by atoms with Crippen LogP contribution < -0.4 is 0 Å². The van der Waals surface area contributed by atoms with Gasteiger partial charge in [-0.15, -0.1) is 0 Å². The topological polar surface area (TPSA) is 33.6 Å². The van der Waals surface area contributed by atoms with Gasteiger partial charge < -0.3 is 4.98 Å². The standard InChI is InChI=1S/C15H14BrN3S/c1-9-5-3-4-6-12(9)10(2)19-14-13(18-15(19)20)7-11(16)8-17-14/h3-8,10H,1-2H3,(H,18,20). The molecule has 0 saturated heterocycles. The van der Waals surface area contributed by atoms with Crippen molar-refractivity contribution in [3.63, 3.8) is 0 Å². The average Bonchev–Trinajstić information content (AvgIpc) is 2.73. The van der Waals surface area contributed by atoms with Crippen LogP contribution in [-0.4, -0.2) is 14.5 Å². The van der Waals surface area contributed by atoms with Gasteiger partial charge in [0.05, 0.1) is 11.6 Å². The maximum absolute atomic E-state index is 5.47. The van der Waals surface area contributed by atoms with Crippen molar-refractivity contribution in [2.45, 2.75) is 19.9 Å². The Hall–Kier alpha value is -1.46. The predicted octanol–water partition coefficient (Wildman–Crippen LogP) is 4.77. The van der Waals surface area contributed by atoms with Gasteiger partial charge in [-0.1, -0.05) is 24.3 Å². The van der Waals surface area contributed by atoms with Crippen LogP contribution in [0.2, 0.25) is 0 Å². The van der Waals surface area contributed by atoms with Crippen molar-refractivity contribution in [3.05, 3.63) is 56.9 Å². The van der Waals surface area contributed by atoms with Crippen LogP contribution in [0.15, 0.2) is 41.0 Å². The van der Waals surface area contributed by atoms with E-state index < -0.39 is 0 Å². The number of hydrogen-bond acceptors (Lipinski definition) is 2. The maximum atomic E-state index is 5.47. The molecule has 1 N–H and O–H groups in total. The van der Waals surface area contributed by atoms with Gasteiger partial charge in [0, 0.05) is 10.7 Å². The molecule has 2 aromatic heterocycles.